The first-order valence-electron chi connectivity index (χ1n) is 16.4. The zero-order valence-corrected chi connectivity index (χ0v) is 27.5. The molecule has 3 aromatic rings. The van der Waals surface area contributed by atoms with Gasteiger partial charge in [-0.05, 0) is 61.4 Å². The summed E-state index contributed by atoms with van der Waals surface area (Å²) in [6.45, 7) is 10.7. The van der Waals surface area contributed by atoms with E-state index in [-0.39, 0.29) is 30.7 Å². The molecule has 1 aromatic heterocycles. The Kier molecular flexibility index (Phi) is 10.9. The fourth-order valence-corrected chi connectivity index (χ4v) is 6.86. The third kappa shape index (κ3) is 8.59. The topological polar surface area (TPSA) is 118 Å². The number of hydrogen-bond donors (Lipinski definition) is 4. The van der Waals surface area contributed by atoms with Gasteiger partial charge < -0.3 is 20.8 Å². The van der Waals surface area contributed by atoms with Crippen molar-refractivity contribution in [2.24, 2.45) is 5.92 Å². The van der Waals surface area contributed by atoms with Crippen LogP contribution in [0.3, 0.4) is 0 Å². The first kappa shape index (κ1) is 33.7. The van der Waals surface area contributed by atoms with Crippen molar-refractivity contribution in [3.63, 3.8) is 0 Å². The molecule has 6 atom stereocenters. The van der Waals surface area contributed by atoms with Crippen molar-refractivity contribution in [1.82, 2.24) is 25.4 Å². The maximum atomic E-state index is 14.0. The number of β-amino-alcohol motifs (C(OH)–C–C–N with tert-alkyl or cyclic N) is 1. The number of rotatable bonds is 11. The minimum Gasteiger partial charge on any atom is -0.392 e. The maximum Gasteiger partial charge on any atom is 0.239 e. The molecule has 0 bridgehead atoms. The predicted octanol–water partition coefficient (Wildman–Crippen LogP) is 3.43. The van der Waals surface area contributed by atoms with Crippen molar-refractivity contribution in [2.75, 3.05) is 26.2 Å². The Labute approximate surface area is 273 Å². The SMILES string of the molecule is C[C@H](c1ccccc1)[C@@H](C[C@H](O)CN1CCN(Cc2cccnc2)C[C@H]1C(=O)NC(C)(C)C)C(=O)N[C@H]1c2ccccc2C[C@H]1O. The summed E-state index contributed by atoms with van der Waals surface area (Å²) < 4.78 is 0. The normalized spacial score (nSPS) is 22.4. The highest BCUT2D eigenvalue weighted by Crippen LogP contribution is 2.34. The number of pyridine rings is 1. The summed E-state index contributed by atoms with van der Waals surface area (Å²) in [4.78, 5) is 36.2. The van der Waals surface area contributed by atoms with Gasteiger partial charge in [0.1, 0.15) is 6.04 Å². The van der Waals surface area contributed by atoms with Gasteiger partial charge in [-0.2, -0.15) is 0 Å². The number of nitrogens with one attached hydrogen (secondary N) is 2. The highest BCUT2D eigenvalue weighted by molar-refractivity contribution is 5.83. The molecule has 1 aliphatic heterocycles. The van der Waals surface area contributed by atoms with Crippen molar-refractivity contribution < 1.29 is 19.8 Å². The van der Waals surface area contributed by atoms with Crippen LogP contribution in [0.4, 0.5) is 0 Å². The second kappa shape index (κ2) is 14.9. The lowest BCUT2D eigenvalue weighted by atomic mass is 9.82. The van der Waals surface area contributed by atoms with Gasteiger partial charge in [0.25, 0.3) is 0 Å². The minimum absolute atomic E-state index is 0.0728. The van der Waals surface area contributed by atoms with Gasteiger partial charge in [0.15, 0.2) is 0 Å². The standard InChI is InChI=1S/C37H49N5O4/c1-25(27-12-6-5-7-13-27)31(35(45)39-34-30-15-9-8-14-28(30)19-33(34)44)20-29(43)23-42-18-17-41(22-26-11-10-16-38-21-26)24-32(42)36(46)40-37(2,3)4/h5-16,21,25,29,31-34,43-44H,17-20,22-24H2,1-4H3,(H,39,45)(H,40,46)/t25-,29+,31-,32+,33-,34+/m1/s1. The van der Waals surface area contributed by atoms with E-state index in [0.717, 1.165) is 28.8 Å². The molecule has 0 saturated carbocycles. The molecule has 4 N–H and O–H groups in total. The lowest BCUT2D eigenvalue weighted by Gasteiger charge is -2.42. The number of carbonyl (C=O) groups excluding carboxylic acids is 2. The number of hydrogen-bond acceptors (Lipinski definition) is 7. The van der Waals surface area contributed by atoms with Crippen LogP contribution in [0.2, 0.25) is 0 Å². The monoisotopic (exact) mass is 627 g/mol. The Morgan fingerprint density at radius 3 is 2.48 bits per heavy atom. The smallest absolute Gasteiger partial charge is 0.239 e. The largest absolute Gasteiger partial charge is 0.392 e. The zero-order chi connectivity index (χ0) is 32.8. The second-order valence-corrected chi connectivity index (χ2v) is 14.0. The Morgan fingerprint density at radius 2 is 1.76 bits per heavy atom. The lowest BCUT2D eigenvalue weighted by molar-refractivity contribution is -0.132. The molecule has 9 nitrogen and oxygen atoms in total. The minimum atomic E-state index is -0.850. The average molecular weight is 628 g/mol. The molecule has 0 unspecified atom stereocenters. The average Bonchev–Trinajstić information content (AvgIpc) is 3.34. The van der Waals surface area contributed by atoms with E-state index in [1.165, 1.54) is 0 Å². The van der Waals surface area contributed by atoms with E-state index in [1.54, 1.807) is 6.20 Å². The lowest BCUT2D eigenvalue weighted by Crippen LogP contribution is -2.62. The molecule has 46 heavy (non-hydrogen) atoms. The molecular formula is C37H49N5O4. The van der Waals surface area contributed by atoms with Crippen LogP contribution in [0.5, 0.6) is 0 Å². The summed E-state index contributed by atoms with van der Waals surface area (Å²) in [5.74, 6) is -0.997. The molecule has 0 radical (unpaired) electrons. The number of amides is 2. The first-order chi connectivity index (χ1) is 22.0. The third-order valence-electron chi connectivity index (χ3n) is 9.24. The fraction of sp³-hybridized carbons (Fsp3) is 0.486. The Balaban J connectivity index is 1.31. The van der Waals surface area contributed by atoms with Crippen molar-refractivity contribution in [3.8, 4) is 0 Å². The third-order valence-corrected chi connectivity index (χ3v) is 9.24. The van der Waals surface area contributed by atoms with Crippen LogP contribution in [-0.2, 0) is 22.6 Å². The van der Waals surface area contributed by atoms with Crippen LogP contribution >= 0.6 is 0 Å². The van der Waals surface area contributed by atoms with Gasteiger partial charge in [-0.25, -0.2) is 0 Å². The summed E-state index contributed by atoms with van der Waals surface area (Å²) in [7, 11) is 0. The van der Waals surface area contributed by atoms with E-state index in [9.17, 15) is 19.8 Å². The number of carbonyl (C=O) groups is 2. The highest BCUT2D eigenvalue weighted by Gasteiger charge is 2.38. The number of nitrogens with zero attached hydrogens (tertiary/aromatic N) is 3. The maximum absolute atomic E-state index is 14.0. The molecule has 9 heteroatoms. The van der Waals surface area contributed by atoms with Crippen LogP contribution in [0.25, 0.3) is 0 Å². The number of piperazine rings is 1. The van der Waals surface area contributed by atoms with Crippen molar-refractivity contribution >= 4 is 11.8 Å². The van der Waals surface area contributed by atoms with Crippen LogP contribution in [0.15, 0.2) is 79.1 Å². The van der Waals surface area contributed by atoms with Crippen LogP contribution < -0.4 is 10.6 Å². The molecule has 1 fully saturated rings. The van der Waals surface area contributed by atoms with Gasteiger partial charge in [0, 0.05) is 63.0 Å². The van der Waals surface area contributed by atoms with Crippen LogP contribution in [0.1, 0.15) is 68.3 Å². The van der Waals surface area contributed by atoms with Crippen LogP contribution in [-0.4, -0.2) is 86.8 Å². The summed E-state index contributed by atoms with van der Waals surface area (Å²) in [5, 5.41) is 28.7. The Hall–Kier alpha value is -3.63. The Morgan fingerprint density at radius 1 is 1.02 bits per heavy atom. The van der Waals surface area contributed by atoms with E-state index in [0.29, 0.717) is 26.1 Å². The van der Waals surface area contributed by atoms with Crippen molar-refractivity contribution in [3.05, 3.63) is 101 Å². The molecule has 5 rings (SSSR count). The number of aliphatic hydroxyl groups excluding tert-OH is 2. The second-order valence-electron chi connectivity index (χ2n) is 14.0. The van der Waals surface area contributed by atoms with E-state index in [2.05, 4.69) is 25.4 Å². The summed E-state index contributed by atoms with van der Waals surface area (Å²) in [5.41, 5.74) is 3.67. The predicted molar refractivity (Wildman–Crippen MR) is 179 cm³/mol. The molecule has 2 aliphatic rings. The van der Waals surface area contributed by atoms with Gasteiger partial charge in [-0.15, -0.1) is 0 Å². The van der Waals surface area contributed by atoms with Gasteiger partial charge in [0.05, 0.1) is 18.2 Å². The zero-order valence-electron chi connectivity index (χ0n) is 27.5. The molecular weight excluding hydrogens is 578 g/mol. The number of aliphatic hydroxyl groups is 2. The highest BCUT2D eigenvalue weighted by atomic mass is 16.3. The van der Waals surface area contributed by atoms with Gasteiger partial charge in [-0.1, -0.05) is 67.6 Å². The summed E-state index contributed by atoms with van der Waals surface area (Å²) in [6.07, 6.45) is 2.76. The molecule has 246 valence electrons. The van der Waals surface area contributed by atoms with Crippen LogP contribution in [0, 0.1) is 5.92 Å². The van der Waals surface area contributed by atoms with E-state index < -0.39 is 35.7 Å². The van der Waals surface area contributed by atoms with Gasteiger partial charge in [-0.3, -0.25) is 24.4 Å². The summed E-state index contributed by atoms with van der Waals surface area (Å²) >= 11 is 0. The van der Waals surface area contributed by atoms with Crippen molar-refractivity contribution in [1.29, 1.82) is 0 Å². The molecule has 2 aromatic carbocycles. The van der Waals surface area contributed by atoms with Gasteiger partial charge >= 0.3 is 0 Å². The molecule has 2 heterocycles. The number of benzene rings is 2. The van der Waals surface area contributed by atoms with E-state index >= 15 is 0 Å². The molecule has 0 spiro atoms. The fourth-order valence-electron chi connectivity index (χ4n) is 6.86. The Bertz CT molecular complexity index is 1450. The number of fused-ring (bicyclic) bond motifs is 1. The number of aromatic nitrogens is 1. The molecule has 1 saturated heterocycles. The van der Waals surface area contributed by atoms with E-state index in [1.807, 2.05) is 101 Å². The quantitative estimate of drug-likeness (QED) is 0.257. The van der Waals surface area contributed by atoms with Gasteiger partial charge in [0.2, 0.25) is 11.8 Å². The molecule has 2 amide bonds. The molecule has 1 aliphatic carbocycles. The summed E-state index contributed by atoms with van der Waals surface area (Å²) in [6, 6.07) is 20.7. The first-order valence-corrected chi connectivity index (χ1v) is 16.4. The van der Waals surface area contributed by atoms with E-state index in [4.69, 9.17) is 0 Å². The van der Waals surface area contributed by atoms with Crippen molar-refractivity contribution in [2.45, 2.75) is 82.8 Å².